The van der Waals surface area contributed by atoms with Crippen LogP contribution in [0.3, 0.4) is 0 Å². The highest BCUT2D eigenvalue weighted by atomic mass is 79.9. The van der Waals surface area contributed by atoms with E-state index in [1.165, 1.54) is 0 Å². The highest BCUT2D eigenvalue weighted by molar-refractivity contribution is 9.10. The van der Waals surface area contributed by atoms with Gasteiger partial charge >= 0.3 is 0 Å². The Bertz CT molecular complexity index is 1400. The van der Waals surface area contributed by atoms with Gasteiger partial charge in [0.1, 0.15) is 5.82 Å². The van der Waals surface area contributed by atoms with E-state index in [0.717, 1.165) is 17.3 Å². The Balaban J connectivity index is 1.92. The minimum absolute atomic E-state index is 0.115. The molecule has 4 aromatic rings. The minimum atomic E-state index is -0.480. The highest BCUT2D eigenvalue weighted by Crippen LogP contribution is 2.28. The molecule has 0 bridgehead atoms. The molecule has 0 aliphatic carbocycles. The average molecular weight is 539 g/mol. The number of hydrogen-bond donors (Lipinski definition) is 0. The molecule has 0 aliphatic heterocycles. The quantitative estimate of drug-likeness (QED) is 0.260. The SMILES string of the molecule is CCCCN(C(=O)c1cccc(Br)c1)C(C)c1nc2ccccc2c(=O)n1-c1ccccc1Cl. The first-order chi connectivity index (χ1) is 16.4. The normalized spacial score (nSPS) is 12.0. The van der Waals surface area contributed by atoms with Gasteiger partial charge in [0.2, 0.25) is 0 Å². The standard InChI is InChI=1S/C27H25BrClN3O2/c1-3-4-16-31(26(33)19-10-9-11-20(28)17-19)18(2)25-30-23-14-7-5-12-21(23)27(34)32(25)24-15-8-6-13-22(24)29/h5-15,17-18H,3-4,16H2,1-2H3. The largest absolute Gasteiger partial charge is 0.329 e. The van der Waals surface area contributed by atoms with E-state index in [0.29, 0.717) is 39.5 Å². The van der Waals surface area contributed by atoms with Crippen LogP contribution in [0.4, 0.5) is 0 Å². The molecule has 0 N–H and O–H groups in total. The van der Waals surface area contributed by atoms with Gasteiger partial charge in [-0.3, -0.25) is 14.2 Å². The van der Waals surface area contributed by atoms with Crippen molar-refractivity contribution >= 4 is 44.3 Å². The average Bonchev–Trinajstić information content (AvgIpc) is 2.84. The zero-order chi connectivity index (χ0) is 24.2. The fraction of sp³-hybridized carbons (Fsp3) is 0.222. The van der Waals surface area contributed by atoms with Gasteiger partial charge in [-0.15, -0.1) is 0 Å². The van der Waals surface area contributed by atoms with E-state index in [1.807, 2.05) is 55.5 Å². The first-order valence-corrected chi connectivity index (χ1v) is 12.4. The van der Waals surface area contributed by atoms with Crippen LogP contribution in [0.15, 0.2) is 82.1 Å². The number of para-hydroxylation sites is 2. The van der Waals surface area contributed by atoms with Crippen LogP contribution in [0.1, 0.15) is 48.9 Å². The van der Waals surface area contributed by atoms with Crippen LogP contribution in [0.25, 0.3) is 16.6 Å². The van der Waals surface area contributed by atoms with E-state index < -0.39 is 6.04 Å². The summed E-state index contributed by atoms with van der Waals surface area (Å²) in [6.45, 7) is 4.53. The molecule has 5 nitrogen and oxygen atoms in total. The van der Waals surface area contributed by atoms with Crippen molar-refractivity contribution in [2.75, 3.05) is 6.54 Å². The van der Waals surface area contributed by atoms with Gasteiger partial charge in [-0.2, -0.15) is 0 Å². The Morgan fingerprint density at radius 3 is 2.56 bits per heavy atom. The first-order valence-electron chi connectivity index (χ1n) is 11.3. The topological polar surface area (TPSA) is 55.2 Å². The smallest absolute Gasteiger partial charge is 0.266 e. The maximum Gasteiger partial charge on any atom is 0.266 e. The Hall–Kier alpha value is -2.96. The van der Waals surface area contributed by atoms with Crippen LogP contribution in [0.5, 0.6) is 0 Å². The first kappa shape index (κ1) is 24.2. The molecule has 0 aliphatic rings. The van der Waals surface area contributed by atoms with Crippen LogP contribution in [-0.2, 0) is 0 Å². The summed E-state index contributed by atoms with van der Waals surface area (Å²) in [5.74, 6) is 0.353. The Kier molecular flexibility index (Phi) is 7.49. The molecule has 7 heteroatoms. The number of benzene rings is 3. The fourth-order valence-electron chi connectivity index (χ4n) is 4.02. The third-order valence-corrected chi connectivity index (χ3v) is 6.63. The van der Waals surface area contributed by atoms with E-state index in [9.17, 15) is 9.59 Å². The van der Waals surface area contributed by atoms with Crippen molar-refractivity contribution < 1.29 is 4.79 Å². The molecule has 34 heavy (non-hydrogen) atoms. The lowest BCUT2D eigenvalue weighted by Crippen LogP contribution is -2.38. The summed E-state index contributed by atoms with van der Waals surface area (Å²) in [4.78, 5) is 34.0. The third kappa shape index (κ3) is 4.79. The lowest BCUT2D eigenvalue weighted by atomic mass is 10.1. The van der Waals surface area contributed by atoms with E-state index >= 15 is 0 Å². The molecule has 174 valence electrons. The molecule has 0 radical (unpaired) electrons. The van der Waals surface area contributed by atoms with Crippen molar-refractivity contribution in [2.24, 2.45) is 0 Å². The van der Waals surface area contributed by atoms with Gasteiger partial charge < -0.3 is 4.90 Å². The molecule has 1 heterocycles. The molecule has 0 fully saturated rings. The van der Waals surface area contributed by atoms with Gasteiger partial charge in [0, 0.05) is 16.6 Å². The van der Waals surface area contributed by atoms with Crippen molar-refractivity contribution in [3.8, 4) is 5.69 Å². The fourth-order valence-corrected chi connectivity index (χ4v) is 4.64. The van der Waals surface area contributed by atoms with Crippen molar-refractivity contribution in [2.45, 2.75) is 32.7 Å². The van der Waals surface area contributed by atoms with Gasteiger partial charge in [0.05, 0.1) is 27.7 Å². The number of fused-ring (bicyclic) bond motifs is 1. The number of aromatic nitrogens is 2. The van der Waals surface area contributed by atoms with E-state index in [-0.39, 0.29) is 11.5 Å². The zero-order valence-corrected chi connectivity index (χ0v) is 21.4. The number of halogens is 2. The monoisotopic (exact) mass is 537 g/mol. The molecule has 3 aromatic carbocycles. The van der Waals surface area contributed by atoms with Gasteiger partial charge in [0.15, 0.2) is 0 Å². The lowest BCUT2D eigenvalue weighted by molar-refractivity contribution is 0.0678. The molecular formula is C27H25BrClN3O2. The maximum atomic E-state index is 13.7. The summed E-state index contributed by atoms with van der Waals surface area (Å²) >= 11 is 9.98. The van der Waals surface area contributed by atoms with Crippen molar-refractivity contribution in [3.05, 3.63) is 104 Å². The number of carbonyl (C=O) groups is 1. The Labute approximate surface area is 212 Å². The van der Waals surface area contributed by atoms with Crippen LogP contribution in [-0.4, -0.2) is 26.9 Å². The van der Waals surface area contributed by atoms with Crippen molar-refractivity contribution in [3.63, 3.8) is 0 Å². The number of hydrogen-bond acceptors (Lipinski definition) is 3. The number of amides is 1. The molecule has 1 aromatic heterocycles. The maximum absolute atomic E-state index is 13.7. The second-order valence-electron chi connectivity index (χ2n) is 8.12. The second kappa shape index (κ2) is 10.5. The summed E-state index contributed by atoms with van der Waals surface area (Å²) in [6.07, 6.45) is 1.76. The second-order valence-corrected chi connectivity index (χ2v) is 9.44. The summed E-state index contributed by atoms with van der Waals surface area (Å²) < 4.78 is 2.38. The Morgan fingerprint density at radius 1 is 1.09 bits per heavy atom. The van der Waals surface area contributed by atoms with E-state index in [4.69, 9.17) is 16.6 Å². The molecule has 1 atom stereocenters. The Morgan fingerprint density at radius 2 is 1.82 bits per heavy atom. The van der Waals surface area contributed by atoms with Crippen molar-refractivity contribution in [1.82, 2.24) is 14.5 Å². The molecule has 1 amide bonds. The number of unbranched alkanes of at least 4 members (excludes halogenated alkanes) is 1. The molecule has 0 spiro atoms. The molecule has 4 rings (SSSR count). The summed E-state index contributed by atoms with van der Waals surface area (Å²) in [5, 5.41) is 0.936. The third-order valence-electron chi connectivity index (χ3n) is 5.82. The van der Waals surface area contributed by atoms with Gasteiger partial charge in [-0.05, 0) is 55.8 Å². The van der Waals surface area contributed by atoms with Gasteiger partial charge in [0.25, 0.3) is 11.5 Å². The van der Waals surface area contributed by atoms with Gasteiger partial charge in [-0.1, -0.05) is 71.2 Å². The summed E-state index contributed by atoms with van der Waals surface area (Å²) in [6, 6.07) is 21.3. The molecular weight excluding hydrogens is 514 g/mol. The molecule has 0 saturated heterocycles. The molecule has 0 saturated carbocycles. The highest BCUT2D eigenvalue weighted by Gasteiger charge is 2.28. The number of rotatable bonds is 7. The number of carbonyl (C=O) groups excluding carboxylic acids is 1. The predicted molar refractivity (Wildman–Crippen MR) is 141 cm³/mol. The minimum Gasteiger partial charge on any atom is -0.329 e. The lowest BCUT2D eigenvalue weighted by Gasteiger charge is -2.31. The van der Waals surface area contributed by atoms with Crippen molar-refractivity contribution in [1.29, 1.82) is 0 Å². The van der Waals surface area contributed by atoms with Crippen LogP contribution in [0, 0.1) is 0 Å². The summed E-state index contributed by atoms with van der Waals surface area (Å²) in [5.41, 5.74) is 1.48. The molecule has 1 unspecified atom stereocenters. The van der Waals surface area contributed by atoms with E-state index in [1.54, 1.807) is 33.7 Å². The zero-order valence-electron chi connectivity index (χ0n) is 19.0. The van der Waals surface area contributed by atoms with Crippen LogP contribution >= 0.6 is 27.5 Å². The van der Waals surface area contributed by atoms with Crippen LogP contribution in [0.2, 0.25) is 5.02 Å². The van der Waals surface area contributed by atoms with Gasteiger partial charge in [-0.25, -0.2) is 4.98 Å². The van der Waals surface area contributed by atoms with E-state index in [2.05, 4.69) is 22.9 Å². The predicted octanol–water partition coefficient (Wildman–Crippen LogP) is 6.81. The number of nitrogens with zero attached hydrogens (tertiary/aromatic N) is 3. The summed E-state index contributed by atoms with van der Waals surface area (Å²) in [7, 11) is 0. The van der Waals surface area contributed by atoms with Crippen LogP contribution < -0.4 is 5.56 Å².